The summed E-state index contributed by atoms with van der Waals surface area (Å²) in [5.74, 6) is -0.928. The van der Waals surface area contributed by atoms with Crippen molar-refractivity contribution in [3.8, 4) is 0 Å². The Labute approximate surface area is 174 Å². The van der Waals surface area contributed by atoms with Crippen LogP contribution in [-0.4, -0.2) is 60.1 Å². The highest BCUT2D eigenvalue weighted by molar-refractivity contribution is 5.87. The van der Waals surface area contributed by atoms with Crippen LogP contribution in [-0.2, 0) is 16.1 Å². The van der Waals surface area contributed by atoms with E-state index in [0.717, 1.165) is 38.8 Å². The molecule has 0 radical (unpaired) electrons. The normalized spacial score (nSPS) is 18.8. The second-order valence-corrected chi connectivity index (χ2v) is 7.63. The molecule has 6 N–H and O–H groups in total. The van der Waals surface area contributed by atoms with Gasteiger partial charge in [0.2, 0.25) is 5.91 Å². The van der Waals surface area contributed by atoms with Gasteiger partial charge in [0.05, 0.1) is 0 Å². The lowest BCUT2D eigenvalue weighted by Gasteiger charge is -2.41. The Hall–Kier alpha value is -2.95. The second kappa shape index (κ2) is 9.70. The van der Waals surface area contributed by atoms with E-state index in [1.54, 1.807) is 0 Å². The molecule has 2 saturated heterocycles. The maximum absolute atomic E-state index is 14.9. The number of nitrogens with two attached hydrogens (primary N) is 3. The smallest absolute Gasteiger partial charge is 0.437 e. The molecule has 0 bridgehead atoms. The van der Waals surface area contributed by atoms with Crippen LogP contribution in [0.3, 0.4) is 0 Å². The minimum Gasteiger partial charge on any atom is -0.443 e. The zero-order chi connectivity index (χ0) is 21.7. The molecule has 164 valence electrons. The van der Waals surface area contributed by atoms with Gasteiger partial charge in [-0.1, -0.05) is 0 Å². The number of aromatic nitrogens is 1. The van der Waals surface area contributed by atoms with E-state index < -0.39 is 17.9 Å². The third-order valence-corrected chi connectivity index (χ3v) is 5.73. The first-order valence-corrected chi connectivity index (χ1v) is 10.0. The van der Waals surface area contributed by atoms with Crippen molar-refractivity contribution in [2.75, 3.05) is 31.1 Å². The largest absolute Gasteiger partial charge is 0.443 e. The van der Waals surface area contributed by atoms with E-state index in [0.29, 0.717) is 19.1 Å². The first-order chi connectivity index (χ1) is 14.3. The van der Waals surface area contributed by atoms with Crippen LogP contribution in [0.2, 0.25) is 0 Å². The number of pyridine rings is 1. The molecule has 2 aliphatic heterocycles. The number of aliphatic imine (C=N–C) groups is 1. The summed E-state index contributed by atoms with van der Waals surface area (Å²) in [5.41, 5.74) is 15.8. The predicted octanol–water partition coefficient (Wildman–Crippen LogP) is 0.297. The molecule has 11 heteroatoms. The van der Waals surface area contributed by atoms with Crippen LogP contribution in [0.1, 0.15) is 31.2 Å². The van der Waals surface area contributed by atoms with Crippen LogP contribution in [0.25, 0.3) is 0 Å². The lowest BCUT2D eigenvalue weighted by molar-refractivity contribution is -0.123. The van der Waals surface area contributed by atoms with Gasteiger partial charge in [0.15, 0.2) is 17.6 Å². The molecule has 3 rings (SSSR count). The summed E-state index contributed by atoms with van der Waals surface area (Å²) in [7, 11) is 0. The van der Waals surface area contributed by atoms with Gasteiger partial charge >= 0.3 is 6.09 Å². The van der Waals surface area contributed by atoms with Gasteiger partial charge in [-0.2, -0.15) is 0 Å². The van der Waals surface area contributed by atoms with Crippen molar-refractivity contribution in [2.24, 2.45) is 28.1 Å². The lowest BCUT2D eigenvalue weighted by atomic mass is 9.93. The van der Waals surface area contributed by atoms with E-state index in [-0.39, 0.29) is 29.8 Å². The number of amides is 2. The molecular weight excluding hydrogens is 393 g/mol. The summed E-state index contributed by atoms with van der Waals surface area (Å²) in [6.07, 6.45) is 3.87. The quantitative estimate of drug-likeness (QED) is 0.453. The van der Waals surface area contributed by atoms with Crippen LogP contribution < -0.4 is 22.1 Å². The average molecular weight is 421 g/mol. The molecule has 30 heavy (non-hydrogen) atoms. The summed E-state index contributed by atoms with van der Waals surface area (Å²) in [6.45, 7) is 2.77. The minimum absolute atomic E-state index is 0.0246. The number of rotatable bonds is 5. The van der Waals surface area contributed by atoms with Crippen molar-refractivity contribution in [1.82, 2.24) is 9.88 Å². The number of anilines is 1. The molecule has 2 aliphatic rings. The van der Waals surface area contributed by atoms with Crippen LogP contribution in [0, 0.1) is 11.7 Å². The van der Waals surface area contributed by atoms with Crippen LogP contribution >= 0.6 is 0 Å². The summed E-state index contributed by atoms with van der Waals surface area (Å²) in [6, 6.07) is 1.86. The van der Waals surface area contributed by atoms with E-state index in [1.165, 1.54) is 12.3 Å². The van der Waals surface area contributed by atoms with Gasteiger partial charge in [0.1, 0.15) is 6.61 Å². The van der Waals surface area contributed by atoms with Crippen LogP contribution in [0.4, 0.5) is 15.0 Å². The second-order valence-electron chi connectivity index (χ2n) is 7.63. The zero-order valence-electron chi connectivity index (χ0n) is 16.8. The van der Waals surface area contributed by atoms with Crippen molar-refractivity contribution in [3.05, 3.63) is 23.6 Å². The molecule has 1 aromatic rings. The average Bonchev–Trinajstić information content (AvgIpc) is 2.73. The van der Waals surface area contributed by atoms with Crippen molar-refractivity contribution < 1.29 is 18.7 Å². The van der Waals surface area contributed by atoms with E-state index >= 15 is 0 Å². The number of piperidine rings is 2. The number of guanidine groups is 1. The van der Waals surface area contributed by atoms with Crippen molar-refractivity contribution in [2.45, 2.75) is 38.3 Å². The minimum atomic E-state index is -0.978. The zero-order valence-corrected chi connectivity index (χ0v) is 16.8. The molecule has 0 aromatic carbocycles. The number of carbonyl (C=O) groups is 2. The van der Waals surface area contributed by atoms with E-state index in [2.05, 4.69) is 14.9 Å². The number of hydrogen-bond acceptors (Lipinski definition) is 6. The number of carbonyl (C=O) groups excluding carboxylic acids is 2. The topological polar surface area (TPSA) is 153 Å². The molecular formula is C19H28FN7O3. The molecule has 2 fully saturated rings. The SMILES string of the molecule is NC(=O)C1CCN(C2CCN(c3nccc(COC(=O)N=C(N)N)c3F)CC2)CC1. The van der Waals surface area contributed by atoms with Gasteiger partial charge in [0.25, 0.3) is 0 Å². The number of hydrogen-bond donors (Lipinski definition) is 3. The highest BCUT2D eigenvalue weighted by Crippen LogP contribution is 2.27. The molecule has 0 spiro atoms. The number of likely N-dealkylation sites (tertiary alicyclic amines) is 1. The van der Waals surface area contributed by atoms with Gasteiger partial charge in [-0.25, -0.2) is 14.2 Å². The molecule has 0 aliphatic carbocycles. The maximum Gasteiger partial charge on any atom is 0.437 e. The molecule has 2 amide bonds. The Morgan fingerprint density at radius 2 is 1.80 bits per heavy atom. The van der Waals surface area contributed by atoms with Crippen LogP contribution in [0.15, 0.2) is 17.3 Å². The molecule has 0 saturated carbocycles. The van der Waals surface area contributed by atoms with Gasteiger partial charge in [-0.15, -0.1) is 4.99 Å². The first kappa shape index (κ1) is 21.8. The monoisotopic (exact) mass is 421 g/mol. The van der Waals surface area contributed by atoms with E-state index in [9.17, 15) is 14.0 Å². The Balaban J connectivity index is 1.55. The Morgan fingerprint density at radius 3 is 2.40 bits per heavy atom. The molecule has 10 nitrogen and oxygen atoms in total. The molecule has 0 atom stereocenters. The highest BCUT2D eigenvalue weighted by Gasteiger charge is 2.31. The predicted molar refractivity (Wildman–Crippen MR) is 109 cm³/mol. The van der Waals surface area contributed by atoms with E-state index in [4.69, 9.17) is 21.9 Å². The maximum atomic E-state index is 14.9. The summed E-state index contributed by atoms with van der Waals surface area (Å²) >= 11 is 0. The fourth-order valence-electron chi connectivity index (χ4n) is 4.07. The Morgan fingerprint density at radius 1 is 1.13 bits per heavy atom. The van der Waals surface area contributed by atoms with Crippen LogP contribution in [0.5, 0.6) is 0 Å². The summed E-state index contributed by atoms with van der Waals surface area (Å²) < 4.78 is 19.8. The Bertz CT molecular complexity index is 799. The number of primary amides is 1. The van der Waals surface area contributed by atoms with Gasteiger partial charge < -0.3 is 31.7 Å². The Kier molecular flexibility index (Phi) is 7.03. The van der Waals surface area contributed by atoms with Gasteiger partial charge in [-0.3, -0.25) is 4.79 Å². The highest BCUT2D eigenvalue weighted by atomic mass is 19.1. The van der Waals surface area contributed by atoms with Crippen molar-refractivity contribution >= 4 is 23.8 Å². The number of nitrogens with zero attached hydrogens (tertiary/aromatic N) is 4. The number of ether oxygens (including phenoxy) is 1. The summed E-state index contributed by atoms with van der Waals surface area (Å²) in [5, 5.41) is 0. The summed E-state index contributed by atoms with van der Waals surface area (Å²) in [4.78, 5) is 34.5. The van der Waals surface area contributed by atoms with Gasteiger partial charge in [0, 0.05) is 36.8 Å². The molecule has 1 aromatic heterocycles. The third-order valence-electron chi connectivity index (χ3n) is 5.73. The van der Waals surface area contributed by atoms with Crippen molar-refractivity contribution in [3.63, 3.8) is 0 Å². The van der Waals surface area contributed by atoms with Gasteiger partial charge in [-0.05, 0) is 44.8 Å². The standard InChI is InChI=1S/C19H28FN7O3/c20-15-13(11-30-19(29)25-18(22)23)1-6-24-17(15)27-9-4-14(5-10-27)26-7-2-12(3-8-26)16(21)28/h1,6,12,14H,2-5,7-11H2,(H2,21,28)(H4,22,23,25,29). The molecule has 3 heterocycles. The van der Waals surface area contributed by atoms with Crippen molar-refractivity contribution in [1.29, 1.82) is 0 Å². The fourth-order valence-corrected chi connectivity index (χ4v) is 4.07. The molecule has 0 unspecified atom stereocenters. The lowest BCUT2D eigenvalue weighted by Crippen LogP contribution is -2.49. The first-order valence-electron chi connectivity index (χ1n) is 10.0. The number of halogens is 1. The fraction of sp³-hybridized carbons (Fsp3) is 0.579. The third kappa shape index (κ3) is 5.35. The van der Waals surface area contributed by atoms with E-state index in [1.807, 2.05) is 4.90 Å².